The maximum absolute atomic E-state index is 13.1. The highest BCUT2D eigenvalue weighted by Crippen LogP contribution is 2.18. The SMILES string of the molecule is Cc1ccc(S(=O)(=O)C(C)C)cc1F. The Morgan fingerprint density at radius 3 is 2.29 bits per heavy atom. The first-order valence-electron chi connectivity index (χ1n) is 4.35. The molecule has 0 radical (unpaired) electrons. The number of benzene rings is 1. The molecular formula is C10H13FO2S. The topological polar surface area (TPSA) is 34.1 Å². The van der Waals surface area contributed by atoms with Crippen LogP contribution in [-0.4, -0.2) is 13.7 Å². The highest BCUT2D eigenvalue weighted by atomic mass is 32.2. The Morgan fingerprint density at radius 2 is 1.86 bits per heavy atom. The molecule has 0 aliphatic carbocycles. The van der Waals surface area contributed by atoms with Crippen LogP contribution in [0.25, 0.3) is 0 Å². The predicted octanol–water partition coefficient (Wildman–Crippen LogP) is 2.32. The smallest absolute Gasteiger partial charge is 0.180 e. The third-order valence-corrected chi connectivity index (χ3v) is 4.24. The van der Waals surface area contributed by atoms with Crippen LogP contribution in [0.5, 0.6) is 0 Å². The molecule has 0 N–H and O–H groups in total. The zero-order chi connectivity index (χ0) is 10.9. The van der Waals surface area contributed by atoms with Crippen molar-refractivity contribution in [3.05, 3.63) is 29.6 Å². The lowest BCUT2D eigenvalue weighted by Crippen LogP contribution is -2.14. The largest absolute Gasteiger partial charge is 0.223 e. The summed E-state index contributed by atoms with van der Waals surface area (Å²) in [5.41, 5.74) is 0.452. The molecule has 4 heteroatoms. The summed E-state index contributed by atoms with van der Waals surface area (Å²) in [5, 5.41) is -0.524. The van der Waals surface area contributed by atoms with E-state index in [1.165, 1.54) is 12.1 Å². The Kier molecular flexibility index (Phi) is 2.95. The van der Waals surface area contributed by atoms with E-state index in [2.05, 4.69) is 0 Å². The normalized spacial score (nSPS) is 12.1. The Labute approximate surface area is 83.7 Å². The highest BCUT2D eigenvalue weighted by molar-refractivity contribution is 7.92. The van der Waals surface area contributed by atoms with E-state index in [9.17, 15) is 12.8 Å². The summed E-state index contributed by atoms with van der Waals surface area (Å²) >= 11 is 0. The van der Waals surface area contributed by atoms with Crippen LogP contribution in [0.15, 0.2) is 23.1 Å². The van der Waals surface area contributed by atoms with Crippen LogP contribution in [0.3, 0.4) is 0 Å². The van der Waals surface area contributed by atoms with Gasteiger partial charge in [-0.1, -0.05) is 6.07 Å². The van der Waals surface area contributed by atoms with Crippen LogP contribution in [0, 0.1) is 12.7 Å². The third-order valence-electron chi connectivity index (χ3n) is 2.09. The zero-order valence-electron chi connectivity index (χ0n) is 8.41. The van der Waals surface area contributed by atoms with Gasteiger partial charge >= 0.3 is 0 Å². The molecule has 0 saturated carbocycles. The summed E-state index contributed by atoms with van der Waals surface area (Å²) in [5.74, 6) is -0.480. The molecule has 0 aliphatic rings. The Bertz CT molecular complexity index is 435. The molecule has 0 fully saturated rings. The van der Waals surface area contributed by atoms with Gasteiger partial charge in [0.05, 0.1) is 10.1 Å². The summed E-state index contributed by atoms with van der Waals surface area (Å²) in [6.07, 6.45) is 0. The van der Waals surface area contributed by atoms with Gasteiger partial charge in [-0.05, 0) is 38.5 Å². The molecule has 0 atom stereocenters. The van der Waals surface area contributed by atoms with Gasteiger partial charge in [-0.2, -0.15) is 0 Å². The molecule has 0 bridgehead atoms. The second-order valence-electron chi connectivity index (χ2n) is 3.50. The summed E-state index contributed by atoms with van der Waals surface area (Å²) < 4.78 is 36.4. The molecule has 1 aromatic carbocycles. The van der Waals surface area contributed by atoms with E-state index >= 15 is 0 Å². The molecule has 0 unspecified atom stereocenters. The molecule has 1 rings (SSSR count). The maximum atomic E-state index is 13.1. The van der Waals surface area contributed by atoms with Crippen LogP contribution >= 0.6 is 0 Å². The lowest BCUT2D eigenvalue weighted by atomic mass is 10.2. The number of aryl methyl sites for hydroxylation is 1. The van der Waals surface area contributed by atoms with Crippen molar-refractivity contribution >= 4 is 9.84 Å². The predicted molar refractivity (Wildman–Crippen MR) is 53.5 cm³/mol. The molecule has 1 aromatic rings. The first-order valence-corrected chi connectivity index (χ1v) is 5.90. The van der Waals surface area contributed by atoms with E-state index in [4.69, 9.17) is 0 Å². The summed E-state index contributed by atoms with van der Waals surface area (Å²) in [6, 6.07) is 3.99. The molecule has 0 amide bonds. The molecule has 0 saturated heterocycles. The van der Waals surface area contributed by atoms with Crippen LogP contribution in [-0.2, 0) is 9.84 Å². The zero-order valence-corrected chi connectivity index (χ0v) is 9.23. The first kappa shape index (κ1) is 11.2. The van der Waals surface area contributed by atoms with Crippen molar-refractivity contribution in [3.63, 3.8) is 0 Å². The minimum absolute atomic E-state index is 0.0515. The Morgan fingerprint density at radius 1 is 1.29 bits per heavy atom. The molecule has 14 heavy (non-hydrogen) atoms. The molecule has 0 heterocycles. The van der Waals surface area contributed by atoms with Gasteiger partial charge < -0.3 is 0 Å². The summed E-state index contributed by atoms with van der Waals surface area (Å²) in [6.45, 7) is 4.75. The van der Waals surface area contributed by atoms with Crippen LogP contribution < -0.4 is 0 Å². The average Bonchev–Trinajstić information content (AvgIpc) is 2.09. The summed E-state index contributed by atoms with van der Waals surface area (Å²) in [4.78, 5) is 0.0515. The Balaban J connectivity index is 3.29. The van der Waals surface area contributed by atoms with E-state index < -0.39 is 20.9 Å². The number of hydrogen-bond donors (Lipinski definition) is 0. The van der Waals surface area contributed by atoms with Crippen molar-refractivity contribution in [2.45, 2.75) is 30.9 Å². The van der Waals surface area contributed by atoms with Crippen LogP contribution in [0.2, 0.25) is 0 Å². The van der Waals surface area contributed by atoms with Crippen molar-refractivity contribution in [2.75, 3.05) is 0 Å². The molecular weight excluding hydrogens is 203 g/mol. The fraction of sp³-hybridized carbons (Fsp3) is 0.400. The van der Waals surface area contributed by atoms with Gasteiger partial charge in [-0.3, -0.25) is 0 Å². The molecule has 2 nitrogen and oxygen atoms in total. The van der Waals surface area contributed by atoms with Crippen LogP contribution in [0.1, 0.15) is 19.4 Å². The van der Waals surface area contributed by atoms with Gasteiger partial charge in [-0.25, -0.2) is 12.8 Å². The maximum Gasteiger partial charge on any atom is 0.180 e. The van der Waals surface area contributed by atoms with E-state index in [0.29, 0.717) is 5.56 Å². The lowest BCUT2D eigenvalue weighted by Gasteiger charge is -2.08. The van der Waals surface area contributed by atoms with Crippen molar-refractivity contribution in [1.29, 1.82) is 0 Å². The van der Waals surface area contributed by atoms with Gasteiger partial charge in [0.25, 0.3) is 0 Å². The standard InChI is InChI=1S/C10H13FO2S/c1-7(2)14(12,13)9-5-4-8(3)10(11)6-9/h4-7H,1-3H3. The Hall–Kier alpha value is -0.900. The number of sulfone groups is 1. The number of halogens is 1. The van der Waals surface area contributed by atoms with E-state index in [0.717, 1.165) is 6.07 Å². The van der Waals surface area contributed by atoms with Gasteiger partial charge in [0.1, 0.15) is 5.82 Å². The van der Waals surface area contributed by atoms with E-state index in [-0.39, 0.29) is 4.90 Å². The van der Waals surface area contributed by atoms with E-state index in [1.54, 1.807) is 20.8 Å². The second-order valence-corrected chi connectivity index (χ2v) is 6.01. The summed E-state index contributed by atoms with van der Waals surface area (Å²) in [7, 11) is -3.36. The quantitative estimate of drug-likeness (QED) is 0.760. The molecule has 0 aromatic heterocycles. The van der Waals surface area contributed by atoms with Gasteiger partial charge in [-0.15, -0.1) is 0 Å². The van der Waals surface area contributed by atoms with Gasteiger partial charge in [0, 0.05) is 0 Å². The van der Waals surface area contributed by atoms with Gasteiger partial charge in [0.15, 0.2) is 9.84 Å². The fourth-order valence-electron chi connectivity index (χ4n) is 1.02. The minimum Gasteiger partial charge on any atom is -0.223 e. The third kappa shape index (κ3) is 1.95. The fourth-order valence-corrected chi connectivity index (χ4v) is 2.09. The number of rotatable bonds is 2. The van der Waals surface area contributed by atoms with Crippen molar-refractivity contribution < 1.29 is 12.8 Å². The van der Waals surface area contributed by atoms with Crippen LogP contribution in [0.4, 0.5) is 4.39 Å². The highest BCUT2D eigenvalue weighted by Gasteiger charge is 2.19. The molecule has 78 valence electrons. The second kappa shape index (κ2) is 3.69. The lowest BCUT2D eigenvalue weighted by molar-refractivity contribution is 0.582. The molecule has 0 spiro atoms. The first-order chi connectivity index (χ1) is 6.35. The van der Waals surface area contributed by atoms with E-state index in [1.807, 2.05) is 0 Å². The molecule has 0 aliphatic heterocycles. The van der Waals surface area contributed by atoms with Crippen molar-refractivity contribution in [3.8, 4) is 0 Å². The number of hydrogen-bond acceptors (Lipinski definition) is 2. The minimum atomic E-state index is -3.36. The average molecular weight is 216 g/mol. The van der Waals surface area contributed by atoms with Crippen molar-refractivity contribution in [2.24, 2.45) is 0 Å². The van der Waals surface area contributed by atoms with Crippen molar-refractivity contribution in [1.82, 2.24) is 0 Å². The monoisotopic (exact) mass is 216 g/mol. The van der Waals surface area contributed by atoms with Gasteiger partial charge in [0.2, 0.25) is 0 Å².